The van der Waals surface area contributed by atoms with E-state index in [1.807, 2.05) is 12.1 Å². The fourth-order valence-corrected chi connectivity index (χ4v) is 2.64. The van der Waals surface area contributed by atoms with E-state index in [4.69, 9.17) is 11.6 Å². The van der Waals surface area contributed by atoms with Crippen molar-refractivity contribution in [3.05, 3.63) is 34.9 Å². The van der Waals surface area contributed by atoms with Gasteiger partial charge in [0.05, 0.1) is 0 Å². The molecule has 18 heavy (non-hydrogen) atoms. The van der Waals surface area contributed by atoms with Crippen LogP contribution in [0.15, 0.2) is 24.3 Å². The Morgan fingerprint density at radius 3 is 2.39 bits per heavy atom. The van der Waals surface area contributed by atoms with Gasteiger partial charge in [0.1, 0.15) is 0 Å². The molecule has 0 saturated heterocycles. The molecule has 2 heteroatoms. The van der Waals surface area contributed by atoms with Gasteiger partial charge in [-0.05, 0) is 55.8 Å². The van der Waals surface area contributed by atoms with Crippen LogP contribution >= 0.6 is 11.6 Å². The molecule has 0 aliphatic heterocycles. The summed E-state index contributed by atoms with van der Waals surface area (Å²) in [6.07, 6.45) is 3.49. The van der Waals surface area contributed by atoms with Gasteiger partial charge >= 0.3 is 0 Å². The van der Waals surface area contributed by atoms with Gasteiger partial charge in [-0.2, -0.15) is 0 Å². The van der Waals surface area contributed by atoms with Crippen LogP contribution in [0.2, 0.25) is 5.02 Å². The highest BCUT2D eigenvalue weighted by molar-refractivity contribution is 6.30. The highest BCUT2D eigenvalue weighted by Gasteiger charge is 2.21. The number of hydrogen-bond donors (Lipinski definition) is 1. The van der Waals surface area contributed by atoms with E-state index in [-0.39, 0.29) is 0 Å². The summed E-state index contributed by atoms with van der Waals surface area (Å²) in [6, 6.07) is 8.80. The van der Waals surface area contributed by atoms with Crippen molar-refractivity contribution in [2.75, 3.05) is 6.54 Å². The molecule has 0 aliphatic carbocycles. The van der Waals surface area contributed by atoms with Crippen molar-refractivity contribution in [1.82, 2.24) is 5.32 Å². The Balaban J connectivity index is 2.50. The molecule has 0 fully saturated rings. The van der Waals surface area contributed by atoms with Crippen molar-refractivity contribution in [3.8, 4) is 0 Å². The molecule has 1 unspecified atom stereocenters. The van der Waals surface area contributed by atoms with Crippen LogP contribution in [0, 0.1) is 5.41 Å². The van der Waals surface area contributed by atoms with Crippen molar-refractivity contribution in [2.24, 2.45) is 5.41 Å². The minimum Gasteiger partial charge on any atom is -0.314 e. The number of nitrogens with one attached hydrogen (secondary N) is 1. The number of rotatable bonds is 7. The maximum absolute atomic E-state index is 5.91. The van der Waals surface area contributed by atoms with Gasteiger partial charge in [0.2, 0.25) is 0 Å². The summed E-state index contributed by atoms with van der Waals surface area (Å²) in [7, 11) is 0. The molecule has 0 spiro atoms. The second kappa shape index (κ2) is 7.16. The van der Waals surface area contributed by atoms with Gasteiger partial charge < -0.3 is 5.32 Å². The van der Waals surface area contributed by atoms with Crippen LogP contribution in [0.5, 0.6) is 0 Å². The summed E-state index contributed by atoms with van der Waals surface area (Å²) in [5, 5.41) is 4.38. The lowest BCUT2D eigenvalue weighted by Gasteiger charge is -2.29. The first-order valence-electron chi connectivity index (χ1n) is 6.91. The van der Waals surface area contributed by atoms with Crippen molar-refractivity contribution in [1.29, 1.82) is 0 Å². The average molecular weight is 268 g/mol. The Kier molecular flexibility index (Phi) is 6.17. The molecule has 1 aromatic rings. The predicted molar refractivity (Wildman–Crippen MR) is 81.3 cm³/mol. The van der Waals surface area contributed by atoms with Crippen molar-refractivity contribution < 1.29 is 0 Å². The van der Waals surface area contributed by atoms with Crippen LogP contribution in [0.3, 0.4) is 0 Å². The topological polar surface area (TPSA) is 12.0 Å². The molecule has 1 atom stereocenters. The van der Waals surface area contributed by atoms with E-state index in [9.17, 15) is 0 Å². The molecular formula is C16H26ClN. The van der Waals surface area contributed by atoms with Gasteiger partial charge in [-0.15, -0.1) is 0 Å². The molecule has 0 aliphatic rings. The number of benzene rings is 1. The standard InChI is InChI=1S/C16H26ClN/c1-5-10-18-13(2)11-16(3,4)12-14-6-8-15(17)9-7-14/h6-9,13,18H,5,10-12H2,1-4H3. The molecule has 0 bridgehead atoms. The van der Waals surface area contributed by atoms with Gasteiger partial charge in [0, 0.05) is 11.1 Å². The third kappa shape index (κ3) is 5.88. The summed E-state index contributed by atoms with van der Waals surface area (Å²) >= 11 is 5.91. The summed E-state index contributed by atoms with van der Waals surface area (Å²) < 4.78 is 0. The molecule has 0 amide bonds. The summed E-state index contributed by atoms with van der Waals surface area (Å²) in [4.78, 5) is 0. The van der Waals surface area contributed by atoms with Crippen molar-refractivity contribution in [2.45, 2.75) is 53.0 Å². The van der Waals surface area contributed by atoms with Gasteiger partial charge in [-0.1, -0.05) is 44.5 Å². The van der Waals surface area contributed by atoms with Crippen molar-refractivity contribution in [3.63, 3.8) is 0 Å². The first kappa shape index (κ1) is 15.5. The second-order valence-corrected chi connectivity index (χ2v) is 6.46. The van der Waals surface area contributed by atoms with Crippen LogP contribution in [0.25, 0.3) is 0 Å². The Morgan fingerprint density at radius 2 is 1.83 bits per heavy atom. The van der Waals surface area contributed by atoms with Crippen LogP contribution < -0.4 is 5.32 Å². The summed E-state index contributed by atoms with van der Waals surface area (Å²) in [5.74, 6) is 0. The second-order valence-electron chi connectivity index (χ2n) is 6.03. The maximum atomic E-state index is 5.91. The quantitative estimate of drug-likeness (QED) is 0.756. The fourth-order valence-electron chi connectivity index (χ4n) is 2.52. The summed E-state index contributed by atoms with van der Waals surface area (Å²) in [5.41, 5.74) is 1.68. The van der Waals surface area contributed by atoms with E-state index in [1.54, 1.807) is 0 Å². The van der Waals surface area contributed by atoms with E-state index in [0.717, 1.165) is 18.0 Å². The third-order valence-corrected chi connectivity index (χ3v) is 3.45. The zero-order valence-corrected chi connectivity index (χ0v) is 12.8. The maximum Gasteiger partial charge on any atom is 0.0406 e. The first-order valence-corrected chi connectivity index (χ1v) is 7.28. The van der Waals surface area contributed by atoms with Crippen molar-refractivity contribution >= 4 is 11.6 Å². The Morgan fingerprint density at radius 1 is 1.22 bits per heavy atom. The third-order valence-electron chi connectivity index (χ3n) is 3.20. The van der Waals surface area contributed by atoms with Crippen LogP contribution in [0.4, 0.5) is 0 Å². The minimum absolute atomic E-state index is 0.313. The Labute approximate surface area is 117 Å². The normalized spacial score (nSPS) is 13.6. The van der Waals surface area contributed by atoms with Gasteiger partial charge in [-0.3, -0.25) is 0 Å². The molecule has 1 rings (SSSR count). The van der Waals surface area contributed by atoms with E-state index >= 15 is 0 Å². The van der Waals surface area contributed by atoms with Gasteiger partial charge in [0.25, 0.3) is 0 Å². The lowest BCUT2D eigenvalue weighted by atomic mass is 9.80. The lowest BCUT2D eigenvalue weighted by molar-refractivity contribution is 0.287. The number of hydrogen-bond acceptors (Lipinski definition) is 1. The molecule has 0 aromatic heterocycles. The zero-order valence-electron chi connectivity index (χ0n) is 12.1. The highest BCUT2D eigenvalue weighted by atomic mass is 35.5. The van der Waals surface area contributed by atoms with Crippen LogP contribution in [-0.4, -0.2) is 12.6 Å². The Hall–Kier alpha value is -0.530. The van der Waals surface area contributed by atoms with E-state index in [0.29, 0.717) is 11.5 Å². The Bertz CT molecular complexity index is 343. The van der Waals surface area contributed by atoms with Crippen LogP contribution in [0.1, 0.15) is 46.1 Å². The molecule has 1 nitrogen and oxygen atoms in total. The first-order chi connectivity index (χ1) is 8.43. The molecule has 102 valence electrons. The molecule has 0 heterocycles. The lowest BCUT2D eigenvalue weighted by Crippen LogP contribution is -2.32. The monoisotopic (exact) mass is 267 g/mol. The van der Waals surface area contributed by atoms with E-state index < -0.39 is 0 Å². The SMILES string of the molecule is CCCNC(C)CC(C)(C)Cc1ccc(Cl)cc1. The zero-order chi connectivity index (χ0) is 13.6. The fraction of sp³-hybridized carbons (Fsp3) is 0.625. The summed E-state index contributed by atoms with van der Waals surface area (Å²) in [6.45, 7) is 10.3. The molecular weight excluding hydrogens is 242 g/mol. The molecule has 1 N–H and O–H groups in total. The van der Waals surface area contributed by atoms with Gasteiger partial charge in [0.15, 0.2) is 0 Å². The largest absolute Gasteiger partial charge is 0.314 e. The van der Waals surface area contributed by atoms with E-state index in [2.05, 4.69) is 45.1 Å². The van der Waals surface area contributed by atoms with Gasteiger partial charge in [-0.25, -0.2) is 0 Å². The van der Waals surface area contributed by atoms with E-state index in [1.165, 1.54) is 18.4 Å². The highest BCUT2D eigenvalue weighted by Crippen LogP contribution is 2.28. The predicted octanol–water partition coefficient (Wildman–Crippen LogP) is 4.69. The average Bonchev–Trinajstić information content (AvgIpc) is 2.28. The molecule has 1 aromatic carbocycles. The minimum atomic E-state index is 0.313. The molecule has 0 saturated carbocycles. The number of halogens is 1. The molecule has 0 radical (unpaired) electrons. The van der Waals surface area contributed by atoms with Crippen LogP contribution in [-0.2, 0) is 6.42 Å². The smallest absolute Gasteiger partial charge is 0.0406 e.